The van der Waals surface area contributed by atoms with Crippen LogP contribution in [0.4, 0.5) is 10.1 Å². The number of hydrogen-bond acceptors (Lipinski definition) is 3. The molecule has 15 heavy (non-hydrogen) atoms. The molecule has 0 saturated carbocycles. The van der Waals surface area contributed by atoms with Crippen LogP contribution in [0.1, 0.15) is 5.56 Å². The Balaban J connectivity index is 1.99. The van der Waals surface area contributed by atoms with Crippen molar-refractivity contribution in [2.75, 3.05) is 5.32 Å². The molecular weight excluding hydrogens is 195 g/mol. The normalized spacial score (nSPS) is 10.3. The Labute approximate surface area is 86.8 Å². The molecule has 4 nitrogen and oxygen atoms in total. The van der Waals surface area contributed by atoms with E-state index in [-0.39, 0.29) is 0 Å². The topological polar surface area (TPSA) is 42.7 Å². The summed E-state index contributed by atoms with van der Waals surface area (Å²) in [5.74, 6) is -0.480. The molecule has 0 radical (unpaired) electrons. The summed E-state index contributed by atoms with van der Waals surface area (Å²) >= 11 is 0. The van der Waals surface area contributed by atoms with E-state index in [0.29, 0.717) is 12.2 Å². The maximum atomic E-state index is 12.7. The average Bonchev–Trinajstić information content (AvgIpc) is 2.62. The van der Waals surface area contributed by atoms with Crippen LogP contribution in [0.3, 0.4) is 0 Å². The molecule has 0 saturated heterocycles. The quantitative estimate of drug-likeness (QED) is 0.775. The molecule has 0 spiro atoms. The highest BCUT2D eigenvalue weighted by Gasteiger charge is 1.97. The molecular formula is C10H11FN4. The van der Waals surface area contributed by atoms with Crippen LogP contribution in [0.2, 0.25) is 0 Å². The summed E-state index contributed by atoms with van der Waals surface area (Å²) < 4.78 is 14.5. The fourth-order valence-corrected chi connectivity index (χ4v) is 1.28. The van der Waals surface area contributed by atoms with Crippen LogP contribution in [-0.4, -0.2) is 14.8 Å². The number of nitrogens with one attached hydrogen (secondary N) is 1. The van der Waals surface area contributed by atoms with E-state index in [9.17, 15) is 4.39 Å². The summed E-state index contributed by atoms with van der Waals surface area (Å²) in [5.41, 5.74) is 1.76. The van der Waals surface area contributed by atoms with Crippen molar-refractivity contribution >= 4 is 5.69 Å². The molecule has 0 aromatic carbocycles. The molecule has 0 atom stereocenters. The fourth-order valence-electron chi connectivity index (χ4n) is 1.28. The monoisotopic (exact) mass is 206 g/mol. The molecule has 0 fully saturated rings. The minimum Gasteiger partial charge on any atom is -0.381 e. The summed E-state index contributed by atoms with van der Waals surface area (Å²) in [4.78, 5) is 3.48. The van der Waals surface area contributed by atoms with Gasteiger partial charge < -0.3 is 5.32 Å². The van der Waals surface area contributed by atoms with Crippen molar-refractivity contribution in [2.45, 2.75) is 6.54 Å². The van der Waals surface area contributed by atoms with Gasteiger partial charge >= 0.3 is 0 Å². The highest BCUT2D eigenvalue weighted by Crippen LogP contribution is 2.08. The number of halogens is 1. The van der Waals surface area contributed by atoms with Crippen molar-refractivity contribution in [1.29, 1.82) is 0 Å². The third kappa shape index (κ3) is 2.52. The van der Waals surface area contributed by atoms with Gasteiger partial charge in [-0.05, 0) is 6.07 Å². The first kappa shape index (κ1) is 9.64. The van der Waals surface area contributed by atoms with Gasteiger partial charge in [0.25, 0.3) is 0 Å². The van der Waals surface area contributed by atoms with Gasteiger partial charge in [-0.15, -0.1) is 0 Å². The van der Waals surface area contributed by atoms with Gasteiger partial charge in [-0.25, -0.2) is 4.98 Å². The van der Waals surface area contributed by atoms with E-state index >= 15 is 0 Å². The van der Waals surface area contributed by atoms with Crippen molar-refractivity contribution in [3.05, 3.63) is 42.2 Å². The first-order valence-corrected chi connectivity index (χ1v) is 4.57. The molecule has 2 aromatic heterocycles. The van der Waals surface area contributed by atoms with E-state index in [2.05, 4.69) is 15.4 Å². The molecule has 2 heterocycles. The SMILES string of the molecule is Cn1cc(CNc2ccnc(F)c2)cn1. The van der Waals surface area contributed by atoms with E-state index in [1.54, 1.807) is 16.9 Å². The van der Waals surface area contributed by atoms with Crippen LogP contribution >= 0.6 is 0 Å². The summed E-state index contributed by atoms with van der Waals surface area (Å²) in [6.45, 7) is 0.622. The Bertz CT molecular complexity index is 452. The highest BCUT2D eigenvalue weighted by atomic mass is 19.1. The minimum absolute atomic E-state index is 0.480. The molecule has 0 aliphatic carbocycles. The predicted octanol–water partition coefficient (Wildman–Crippen LogP) is 1.57. The van der Waals surface area contributed by atoms with Gasteiger partial charge in [-0.1, -0.05) is 0 Å². The molecule has 78 valence electrons. The Morgan fingerprint density at radius 2 is 2.40 bits per heavy atom. The molecule has 0 aliphatic heterocycles. The third-order valence-corrected chi connectivity index (χ3v) is 1.98. The summed E-state index contributed by atoms with van der Waals surface area (Å²) in [6, 6.07) is 3.08. The Kier molecular flexibility index (Phi) is 2.62. The van der Waals surface area contributed by atoms with Gasteiger partial charge in [0, 0.05) is 43.3 Å². The molecule has 0 amide bonds. The van der Waals surface area contributed by atoms with Gasteiger partial charge in [0.2, 0.25) is 5.95 Å². The molecule has 2 aromatic rings. The van der Waals surface area contributed by atoms with Crippen molar-refractivity contribution in [2.24, 2.45) is 7.05 Å². The van der Waals surface area contributed by atoms with E-state index in [1.165, 1.54) is 12.3 Å². The zero-order valence-electron chi connectivity index (χ0n) is 8.31. The number of aryl methyl sites for hydroxylation is 1. The van der Waals surface area contributed by atoms with Crippen LogP contribution in [0.15, 0.2) is 30.7 Å². The number of pyridine rings is 1. The van der Waals surface area contributed by atoms with Gasteiger partial charge in [0.15, 0.2) is 0 Å². The second-order valence-electron chi connectivity index (χ2n) is 3.24. The number of anilines is 1. The lowest BCUT2D eigenvalue weighted by molar-refractivity contribution is 0.584. The van der Waals surface area contributed by atoms with Crippen molar-refractivity contribution < 1.29 is 4.39 Å². The second-order valence-corrected chi connectivity index (χ2v) is 3.24. The summed E-state index contributed by atoms with van der Waals surface area (Å²) in [5, 5.41) is 7.12. The maximum absolute atomic E-state index is 12.7. The molecule has 5 heteroatoms. The third-order valence-electron chi connectivity index (χ3n) is 1.98. The highest BCUT2D eigenvalue weighted by molar-refractivity contribution is 5.41. The Hall–Kier alpha value is -1.91. The molecule has 2 rings (SSSR count). The van der Waals surface area contributed by atoms with Crippen molar-refractivity contribution in [3.8, 4) is 0 Å². The van der Waals surface area contributed by atoms with Crippen LogP contribution in [-0.2, 0) is 13.6 Å². The Morgan fingerprint density at radius 3 is 3.07 bits per heavy atom. The first-order valence-electron chi connectivity index (χ1n) is 4.57. The van der Waals surface area contributed by atoms with Crippen molar-refractivity contribution in [1.82, 2.24) is 14.8 Å². The number of aromatic nitrogens is 3. The number of rotatable bonds is 3. The lowest BCUT2D eigenvalue weighted by atomic mass is 10.3. The summed E-state index contributed by atoms with van der Waals surface area (Å²) in [6.07, 6.45) is 5.11. The zero-order chi connectivity index (χ0) is 10.7. The smallest absolute Gasteiger partial charge is 0.214 e. The standard InChI is InChI=1S/C10H11FN4/c1-15-7-8(6-14-15)5-13-9-2-3-12-10(11)4-9/h2-4,6-7H,5H2,1H3,(H,12,13). The van der Waals surface area contributed by atoms with Gasteiger partial charge in [-0.3, -0.25) is 4.68 Å². The molecule has 0 unspecified atom stereocenters. The second kappa shape index (κ2) is 4.08. The van der Waals surface area contributed by atoms with E-state index in [1.807, 2.05) is 13.2 Å². The first-order chi connectivity index (χ1) is 7.24. The van der Waals surface area contributed by atoms with E-state index in [0.717, 1.165) is 5.56 Å². The molecule has 0 bridgehead atoms. The zero-order valence-corrected chi connectivity index (χ0v) is 8.31. The van der Waals surface area contributed by atoms with Crippen molar-refractivity contribution in [3.63, 3.8) is 0 Å². The minimum atomic E-state index is -0.480. The average molecular weight is 206 g/mol. The number of nitrogens with zero attached hydrogens (tertiary/aromatic N) is 3. The number of hydrogen-bond donors (Lipinski definition) is 1. The van der Waals surface area contributed by atoms with Gasteiger partial charge in [0.1, 0.15) is 0 Å². The fraction of sp³-hybridized carbons (Fsp3) is 0.200. The van der Waals surface area contributed by atoms with E-state index in [4.69, 9.17) is 0 Å². The maximum Gasteiger partial charge on any atom is 0.214 e. The van der Waals surface area contributed by atoms with Crippen LogP contribution in [0, 0.1) is 5.95 Å². The van der Waals surface area contributed by atoms with Crippen LogP contribution < -0.4 is 5.32 Å². The Morgan fingerprint density at radius 1 is 1.53 bits per heavy atom. The molecule has 1 N–H and O–H groups in total. The lowest BCUT2D eigenvalue weighted by Gasteiger charge is -2.03. The van der Waals surface area contributed by atoms with E-state index < -0.39 is 5.95 Å². The van der Waals surface area contributed by atoms with Gasteiger partial charge in [0.05, 0.1) is 6.20 Å². The lowest BCUT2D eigenvalue weighted by Crippen LogP contribution is -1.99. The largest absolute Gasteiger partial charge is 0.381 e. The van der Waals surface area contributed by atoms with Crippen LogP contribution in [0.5, 0.6) is 0 Å². The predicted molar refractivity (Wildman–Crippen MR) is 54.7 cm³/mol. The summed E-state index contributed by atoms with van der Waals surface area (Å²) in [7, 11) is 1.86. The van der Waals surface area contributed by atoms with Gasteiger partial charge in [-0.2, -0.15) is 9.49 Å². The van der Waals surface area contributed by atoms with Crippen LogP contribution in [0.25, 0.3) is 0 Å². The molecule has 0 aliphatic rings.